The van der Waals surface area contributed by atoms with Crippen LogP contribution in [0.25, 0.3) is 22.0 Å². The summed E-state index contributed by atoms with van der Waals surface area (Å²) in [5.41, 5.74) is 3.45. The molecule has 1 fully saturated rings. The minimum Gasteiger partial charge on any atom is -0.357 e. The van der Waals surface area contributed by atoms with Gasteiger partial charge in [0.2, 0.25) is 0 Å². The van der Waals surface area contributed by atoms with Gasteiger partial charge in [-0.3, -0.25) is 0 Å². The van der Waals surface area contributed by atoms with Crippen LogP contribution in [-0.2, 0) is 11.3 Å². The number of ether oxygens (including phenoxy) is 1. The second kappa shape index (κ2) is 6.09. The Balaban J connectivity index is 1.77. The maximum Gasteiger partial charge on any atom is 0.150 e. The quantitative estimate of drug-likeness (QED) is 0.638. The Kier molecular flexibility index (Phi) is 3.95. The van der Waals surface area contributed by atoms with Crippen molar-refractivity contribution in [1.29, 1.82) is 0 Å². The molecule has 1 unspecified atom stereocenters. The first kappa shape index (κ1) is 14.9. The van der Waals surface area contributed by atoms with E-state index >= 15 is 0 Å². The second-order valence-corrected chi connectivity index (χ2v) is 6.70. The number of rotatable bonds is 3. The molecule has 3 aromatic rings. The summed E-state index contributed by atoms with van der Waals surface area (Å²) in [5, 5.41) is 5.73. The molecule has 1 atom stereocenters. The Morgan fingerprint density at radius 1 is 1.30 bits per heavy atom. The number of hydrogen-bond acceptors (Lipinski definition) is 3. The Morgan fingerprint density at radius 3 is 3.00 bits per heavy atom. The molecule has 0 amide bonds. The summed E-state index contributed by atoms with van der Waals surface area (Å²) < 4.78 is 10.9. The lowest BCUT2D eigenvalue weighted by molar-refractivity contribution is -0.0394. The summed E-state index contributed by atoms with van der Waals surface area (Å²) in [7, 11) is 0. The van der Waals surface area contributed by atoms with E-state index in [0.29, 0.717) is 0 Å². The van der Waals surface area contributed by atoms with Crippen molar-refractivity contribution in [3.63, 3.8) is 0 Å². The lowest BCUT2D eigenvalue weighted by atomic mass is 10.1. The van der Waals surface area contributed by atoms with Crippen molar-refractivity contribution in [3.05, 3.63) is 35.5 Å². The van der Waals surface area contributed by atoms with Crippen LogP contribution >= 0.6 is 15.9 Å². The van der Waals surface area contributed by atoms with Gasteiger partial charge in [0, 0.05) is 42.1 Å². The van der Waals surface area contributed by atoms with Gasteiger partial charge in [0.05, 0.1) is 17.9 Å². The zero-order valence-corrected chi connectivity index (χ0v) is 14.7. The summed E-state index contributed by atoms with van der Waals surface area (Å²) in [6, 6.07) is 2.07. The van der Waals surface area contributed by atoms with Gasteiger partial charge in [0.15, 0.2) is 0 Å². The van der Waals surface area contributed by atoms with Gasteiger partial charge in [-0.2, -0.15) is 5.10 Å². The van der Waals surface area contributed by atoms with Gasteiger partial charge in [-0.05, 0) is 48.2 Å². The normalized spacial score (nSPS) is 18.6. The first-order valence-corrected chi connectivity index (χ1v) is 8.86. The highest BCUT2D eigenvalue weighted by atomic mass is 79.9. The lowest BCUT2D eigenvalue weighted by Crippen LogP contribution is -2.18. The van der Waals surface area contributed by atoms with Crippen LogP contribution < -0.4 is 0 Å². The molecule has 0 N–H and O–H groups in total. The highest BCUT2D eigenvalue weighted by Crippen LogP contribution is 2.32. The molecule has 4 heterocycles. The zero-order chi connectivity index (χ0) is 15.8. The summed E-state index contributed by atoms with van der Waals surface area (Å²) in [6.07, 6.45) is 11.6. The standard InChI is InChI=1S/C17H19BrN4O/c1-2-21-11-14(13-7-16(18)19-9-15(13)21)12-8-20-22(10-12)17-5-3-4-6-23-17/h7-11,17H,2-6H2,1H3. The molecule has 1 aliphatic heterocycles. The van der Waals surface area contributed by atoms with Gasteiger partial charge in [0.1, 0.15) is 10.8 Å². The van der Waals surface area contributed by atoms with Crippen LogP contribution in [0.1, 0.15) is 32.4 Å². The van der Waals surface area contributed by atoms with Crippen molar-refractivity contribution < 1.29 is 4.74 Å². The first-order valence-electron chi connectivity index (χ1n) is 8.07. The third kappa shape index (κ3) is 2.70. The average molecular weight is 375 g/mol. The van der Waals surface area contributed by atoms with Crippen LogP contribution in [0, 0.1) is 0 Å². The Morgan fingerprint density at radius 2 is 2.22 bits per heavy atom. The maximum atomic E-state index is 5.82. The molecule has 0 radical (unpaired) electrons. The van der Waals surface area contributed by atoms with Crippen molar-refractivity contribution in [3.8, 4) is 11.1 Å². The van der Waals surface area contributed by atoms with E-state index < -0.39 is 0 Å². The zero-order valence-electron chi connectivity index (χ0n) is 13.1. The molecule has 0 aliphatic carbocycles. The number of aromatic nitrogens is 4. The molecular weight excluding hydrogens is 356 g/mol. The topological polar surface area (TPSA) is 44.9 Å². The lowest BCUT2D eigenvalue weighted by Gasteiger charge is -2.22. The van der Waals surface area contributed by atoms with Gasteiger partial charge in [-0.15, -0.1) is 0 Å². The number of pyridine rings is 1. The maximum absolute atomic E-state index is 5.82. The highest BCUT2D eigenvalue weighted by Gasteiger charge is 2.18. The van der Waals surface area contributed by atoms with Crippen LogP contribution in [-0.4, -0.2) is 25.9 Å². The highest BCUT2D eigenvalue weighted by molar-refractivity contribution is 9.10. The number of aryl methyl sites for hydroxylation is 1. The van der Waals surface area contributed by atoms with Crippen LogP contribution in [0.5, 0.6) is 0 Å². The SMILES string of the molecule is CCn1cc(-c2cnn(C3CCCCO3)c2)c2cc(Br)ncc21. The van der Waals surface area contributed by atoms with Crippen molar-refractivity contribution in [2.45, 2.75) is 39.0 Å². The third-order valence-corrected chi connectivity index (χ3v) is 4.87. The third-order valence-electron chi connectivity index (χ3n) is 4.44. The van der Waals surface area contributed by atoms with E-state index in [1.54, 1.807) is 0 Å². The van der Waals surface area contributed by atoms with E-state index in [1.165, 1.54) is 17.4 Å². The second-order valence-electron chi connectivity index (χ2n) is 5.88. The Bertz CT molecular complexity index is 832. The van der Waals surface area contributed by atoms with Gasteiger partial charge in [0.25, 0.3) is 0 Å². The van der Waals surface area contributed by atoms with Crippen molar-refractivity contribution in [2.75, 3.05) is 6.61 Å². The monoisotopic (exact) mass is 374 g/mol. The molecule has 4 rings (SSSR count). The molecular formula is C17H19BrN4O. The molecule has 0 aromatic carbocycles. The van der Waals surface area contributed by atoms with Crippen molar-refractivity contribution >= 4 is 26.8 Å². The smallest absolute Gasteiger partial charge is 0.150 e. The average Bonchev–Trinajstić information content (AvgIpc) is 3.19. The van der Waals surface area contributed by atoms with Crippen LogP contribution in [0.15, 0.2) is 35.5 Å². The van der Waals surface area contributed by atoms with E-state index in [0.717, 1.165) is 41.7 Å². The van der Waals surface area contributed by atoms with Gasteiger partial charge < -0.3 is 9.30 Å². The molecule has 120 valence electrons. The van der Waals surface area contributed by atoms with E-state index in [-0.39, 0.29) is 6.23 Å². The summed E-state index contributed by atoms with van der Waals surface area (Å²) in [5.74, 6) is 0. The predicted octanol–water partition coefficient (Wildman–Crippen LogP) is 4.38. The molecule has 6 heteroatoms. The fraction of sp³-hybridized carbons (Fsp3) is 0.412. The molecule has 1 aliphatic rings. The number of hydrogen-bond donors (Lipinski definition) is 0. The van der Waals surface area contributed by atoms with Crippen LogP contribution in [0.2, 0.25) is 0 Å². The number of halogens is 1. The minimum absolute atomic E-state index is 0.0745. The van der Waals surface area contributed by atoms with E-state index in [9.17, 15) is 0 Å². The van der Waals surface area contributed by atoms with Crippen LogP contribution in [0.3, 0.4) is 0 Å². The molecule has 0 bridgehead atoms. The van der Waals surface area contributed by atoms with Gasteiger partial charge in [-0.25, -0.2) is 9.67 Å². The molecule has 23 heavy (non-hydrogen) atoms. The predicted molar refractivity (Wildman–Crippen MR) is 93.2 cm³/mol. The fourth-order valence-electron chi connectivity index (χ4n) is 3.22. The van der Waals surface area contributed by atoms with E-state index in [2.05, 4.69) is 56.0 Å². The number of nitrogens with zero attached hydrogens (tertiary/aromatic N) is 4. The van der Waals surface area contributed by atoms with Gasteiger partial charge in [-0.1, -0.05) is 0 Å². The fourth-order valence-corrected chi connectivity index (χ4v) is 3.55. The molecule has 0 saturated carbocycles. The molecule has 0 spiro atoms. The summed E-state index contributed by atoms with van der Waals surface area (Å²) in [4.78, 5) is 4.36. The summed E-state index contributed by atoms with van der Waals surface area (Å²) in [6.45, 7) is 3.89. The number of fused-ring (bicyclic) bond motifs is 1. The Hall–Kier alpha value is -1.66. The molecule has 3 aromatic heterocycles. The first-order chi connectivity index (χ1) is 11.3. The largest absolute Gasteiger partial charge is 0.357 e. The van der Waals surface area contributed by atoms with Crippen LogP contribution in [0.4, 0.5) is 0 Å². The molecule has 1 saturated heterocycles. The van der Waals surface area contributed by atoms with Crippen molar-refractivity contribution in [1.82, 2.24) is 19.3 Å². The van der Waals surface area contributed by atoms with Gasteiger partial charge >= 0.3 is 0 Å². The minimum atomic E-state index is 0.0745. The van der Waals surface area contributed by atoms with Crippen molar-refractivity contribution in [2.24, 2.45) is 0 Å². The molecule has 5 nitrogen and oxygen atoms in total. The van der Waals surface area contributed by atoms with E-state index in [4.69, 9.17) is 4.74 Å². The van der Waals surface area contributed by atoms with E-state index in [1.807, 2.05) is 17.1 Å². The summed E-state index contributed by atoms with van der Waals surface area (Å²) >= 11 is 3.48. The Labute approximate surface area is 143 Å².